The van der Waals surface area contributed by atoms with Crippen LogP contribution in [-0.4, -0.2) is 11.7 Å². The van der Waals surface area contributed by atoms with Gasteiger partial charge in [-0.05, 0) is 66.5 Å². The van der Waals surface area contributed by atoms with Crippen molar-refractivity contribution in [1.82, 2.24) is 0 Å². The minimum Gasteiger partial charge on any atom is -0.326 e. The molecule has 0 heterocycles. The number of carbonyl (C=O) groups excluding carboxylic acids is 1. The van der Waals surface area contributed by atoms with E-state index in [4.69, 9.17) is 0 Å². The van der Waals surface area contributed by atoms with Gasteiger partial charge in [-0.3, -0.25) is 4.79 Å². The van der Waals surface area contributed by atoms with Crippen molar-refractivity contribution in [1.29, 1.82) is 0 Å². The van der Waals surface area contributed by atoms with Gasteiger partial charge in [-0.25, -0.2) is 0 Å². The second-order valence-corrected chi connectivity index (χ2v) is 6.04. The zero-order valence-electron chi connectivity index (χ0n) is 10.5. The van der Waals surface area contributed by atoms with Gasteiger partial charge in [0.1, 0.15) is 0 Å². The molecule has 0 spiro atoms. The molecule has 18 heavy (non-hydrogen) atoms. The van der Waals surface area contributed by atoms with E-state index in [0.717, 1.165) is 30.7 Å². The average Bonchev–Trinajstić information content (AvgIpc) is 2.97. The molecule has 0 atom stereocenters. The van der Waals surface area contributed by atoms with Gasteiger partial charge in [0.15, 0.2) is 0 Å². The van der Waals surface area contributed by atoms with Gasteiger partial charge in [0.25, 0.3) is 0 Å². The van der Waals surface area contributed by atoms with Crippen molar-refractivity contribution in [3.05, 3.63) is 29.3 Å². The second-order valence-electron chi connectivity index (χ2n) is 5.72. The second kappa shape index (κ2) is 4.61. The number of anilines is 1. The number of benzene rings is 1. The summed E-state index contributed by atoms with van der Waals surface area (Å²) in [6.07, 6.45) is 6.50. The van der Waals surface area contributed by atoms with E-state index in [-0.39, 0.29) is 11.3 Å². The van der Waals surface area contributed by atoms with Crippen molar-refractivity contribution in [3.8, 4) is 0 Å². The van der Waals surface area contributed by atoms with Crippen LogP contribution in [0.2, 0.25) is 0 Å². The maximum absolute atomic E-state index is 12.0. The maximum atomic E-state index is 12.0. The van der Waals surface area contributed by atoms with Gasteiger partial charge in [0.2, 0.25) is 5.91 Å². The number of thiol groups is 1. The molecule has 96 valence electrons. The predicted octanol–water partition coefficient (Wildman–Crippen LogP) is 3.21. The first-order valence-corrected chi connectivity index (χ1v) is 7.37. The zero-order chi connectivity index (χ0) is 12.6. The van der Waals surface area contributed by atoms with E-state index in [1.807, 2.05) is 6.07 Å². The summed E-state index contributed by atoms with van der Waals surface area (Å²) in [5.41, 5.74) is 4.00. The van der Waals surface area contributed by atoms with Crippen LogP contribution in [0.15, 0.2) is 18.2 Å². The average molecular weight is 261 g/mol. The van der Waals surface area contributed by atoms with Crippen LogP contribution in [0.4, 0.5) is 5.69 Å². The molecule has 1 N–H and O–H groups in total. The van der Waals surface area contributed by atoms with Crippen LogP contribution in [0.1, 0.15) is 36.8 Å². The van der Waals surface area contributed by atoms with E-state index < -0.39 is 0 Å². The molecule has 3 rings (SSSR count). The molecule has 1 fully saturated rings. The Balaban J connectivity index is 1.64. The quantitative estimate of drug-likeness (QED) is 0.801. The van der Waals surface area contributed by atoms with E-state index in [1.165, 1.54) is 24.0 Å². The van der Waals surface area contributed by atoms with Crippen LogP contribution < -0.4 is 5.32 Å². The van der Waals surface area contributed by atoms with Crippen LogP contribution in [0, 0.1) is 5.41 Å². The van der Waals surface area contributed by atoms with Gasteiger partial charge in [0.05, 0.1) is 0 Å². The molecule has 2 aliphatic carbocycles. The van der Waals surface area contributed by atoms with Crippen molar-refractivity contribution >= 4 is 24.2 Å². The number of fused-ring (bicyclic) bond motifs is 1. The number of nitrogens with one attached hydrogen (secondary N) is 1. The highest BCUT2D eigenvalue weighted by molar-refractivity contribution is 7.80. The molecule has 0 aromatic heterocycles. The fourth-order valence-electron chi connectivity index (χ4n) is 2.76. The third kappa shape index (κ3) is 2.41. The predicted molar refractivity (Wildman–Crippen MR) is 77.2 cm³/mol. The van der Waals surface area contributed by atoms with Crippen LogP contribution in [0.3, 0.4) is 0 Å². The molecule has 1 aromatic carbocycles. The highest BCUT2D eigenvalue weighted by atomic mass is 32.1. The molecule has 2 nitrogen and oxygen atoms in total. The molecular weight excluding hydrogens is 242 g/mol. The van der Waals surface area contributed by atoms with Gasteiger partial charge in [-0.1, -0.05) is 6.07 Å². The van der Waals surface area contributed by atoms with E-state index >= 15 is 0 Å². The van der Waals surface area contributed by atoms with E-state index in [9.17, 15) is 4.79 Å². The summed E-state index contributed by atoms with van der Waals surface area (Å²) in [6, 6.07) is 6.33. The molecular formula is C15H19NOS. The van der Waals surface area contributed by atoms with Crippen LogP contribution in [0.25, 0.3) is 0 Å². The standard InChI is InChI=1S/C15H19NOS/c17-14(9-15(10-18)6-7-15)16-13-5-4-11-2-1-3-12(11)8-13/h4-5,8,18H,1-3,6-7,9-10H2,(H,16,17). The minimum absolute atomic E-state index is 0.138. The Bertz CT molecular complexity index is 479. The van der Waals surface area contributed by atoms with Crippen LogP contribution >= 0.6 is 12.6 Å². The number of carbonyl (C=O) groups is 1. The molecule has 0 unspecified atom stereocenters. The molecule has 0 bridgehead atoms. The summed E-state index contributed by atoms with van der Waals surface area (Å²) >= 11 is 4.34. The normalized spacial score (nSPS) is 19.4. The van der Waals surface area contributed by atoms with Crippen molar-refractivity contribution in [2.75, 3.05) is 11.1 Å². The van der Waals surface area contributed by atoms with Gasteiger partial charge in [-0.15, -0.1) is 0 Å². The summed E-state index contributed by atoms with van der Waals surface area (Å²) in [7, 11) is 0. The molecule has 3 heteroatoms. The van der Waals surface area contributed by atoms with Crippen molar-refractivity contribution in [2.24, 2.45) is 5.41 Å². The Morgan fingerprint density at radius 2 is 2.06 bits per heavy atom. The highest BCUT2D eigenvalue weighted by Gasteiger charge is 2.42. The number of hydrogen-bond acceptors (Lipinski definition) is 2. The van der Waals surface area contributed by atoms with Crippen molar-refractivity contribution in [3.63, 3.8) is 0 Å². The first-order valence-electron chi connectivity index (χ1n) is 6.73. The molecule has 1 saturated carbocycles. The number of hydrogen-bond donors (Lipinski definition) is 2. The Labute approximate surface area is 114 Å². The minimum atomic E-state index is 0.138. The third-order valence-electron chi connectivity index (χ3n) is 4.21. The van der Waals surface area contributed by atoms with E-state index in [0.29, 0.717) is 6.42 Å². The fraction of sp³-hybridized carbons (Fsp3) is 0.533. The first-order chi connectivity index (χ1) is 8.71. The summed E-state index contributed by atoms with van der Waals surface area (Å²) in [5.74, 6) is 0.962. The highest BCUT2D eigenvalue weighted by Crippen LogP contribution is 2.49. The fourth-order valence-corrected chi connectivity index (χ4v) is 3.19. The smallest absolute Gasteiger partial charge is 0.224 e. The van der Waals surface area contributed by atoms with Gasteiger partial charge >= 0.3 is 0 Å². The topological polar surface area (TPSA) is 29.1 Å². The number of aryl methyl sites for hydroxylation is 2. The Morgan fingerprint density at radius 3 is 2.78 bits per heavy atom. The van der Waals surface area contributed by atoms with Crippen molar-refractivity contribution in [2.45, 2.75) is 38.5 Å². The van der Waals surface area contributed by atoms with Crippen LogP contribution in [0.5, 0.6) is 0 Å². The molecule has 2 aliphatic rings. The third-order valence-corrected chi connectivity index (χ3v) is 4.88. The lowest BCUT2D eigenvalue weighted by molar-refractivity contribution is -0.117. The lowest BCUT2D eigenvalue weighted by Gasteiger charge is -2.12. The molecule has 0 saturated heterocycles. The van der Waals surface area contributed by atoms with E-state index in [1.54, 1.807) is 0 Å². The summed E-state index contributed by atoms with van der Waals surface area (Å²) < 4.78 is 0. The lowest BCUT2D eigenvalue weighted by Crippen LogP contribution is -2.18. The van der Waals surface area contributed by atoms with Gasteiger partial charge < -0.3 is 5.32 Å². The molecule has 1 amide bonds. The lowest BCUT2D eigenvalue weighted by atomic mass is 10.0. The number of rotatable bonds is 4. The maximum Gasteiger partial charge on any atom is 0.224 e. The van der Waals surface area contributed by atoms with Crippen molar-refractivity contribution < 1.29 is 4.79 Å². The molecule has 1 aromatic rings. The Hall–Kier alpha value is -0.960. The molecule has 0 aliphatic heterocycles. The first kappa shape index (κ1) is 12.1. The number of amides is 1. The Morgan fingerprint density at radius 1 is 1.28 bits per heavy atom. The summed E-state index contributed by atoms with van der Waals surface area (Å²) in [6.45, 7) is 0. The monoisotopic (exact) mass is 261 g/mol. The van der Waals surface area contributed by atoms with E-state index in [2.05, 4.69) is 30.1 Å². The van der Waals surface area contributed by atoms with Gasteiger partial charge in [0, 0.05) is 12.1 Å². The summed E-state index contributed by atoms with van der Waals surface area (Å²) in [5, 5.41) is 3.03. The largest absolute Gasteiger partial charge is 0.326 e. The zero-order valence-corrected chi connectivity index (χ0v) is 11.4. The Kier molecular flexibility index (Phi) is 3.10. The van der Waals surface area contributed by atoms with Gasteiger partial charge in [-0.2, -0.15) is 12.6 Å². The van der Waals surface area contributed by atoms with Crippen LogP contribution in [-0.2, 0) is 17.6 Å². The molecule has 0 radical (unpaired) electrons. The summed E-state index contributed by atoms with van der Waals surface area (Å²) in [4.78, 5) is 12.0. The SMILES string of the molecule is O=C(CC1(CS)CC1)Nc1ccc2c(c1)CCC2.